The molecule has 4 rings (SSSR count). The molecule has 1 saturated heterocycles. The van der Waals surface area contributed by atoms with Crippen molar-refractivity contribution in [2.45, 2.75) is 48.7 Å². The van der Waals surface area contributed by atoms with E-state index in [1.165, 1.54) is 11.1 Å². The Morgan fingerprint density at radius 3 is 2.56 bits per heavy atom. The molecular formula is C21H26N2O3S. The number of piperidine rings is 1. The molecule has 2 aromatic rings. The molecule has 1 aliphatic heterocycles. The van der Waals surface area contributed by atoms with Crippen molar-refractivity contribution in [3.8, 4) is 0 Å². The maximum Gasteiger partial charge on any atom is 0.240 e. The quantitative estimate of drug-likeness (QED) is 0.828. The molecule has 5 nitrogen and oxygen atoms in total. The molecule has 1 heterocycles. The average molecular weight is 387 g/mol. The molecule has 3 atom stereocenters. The van der Waals surface area contributed by atoms with Gasteiger partial charge in [0.25, 0.3) is 0 Å². The van der Waals surface area contributed by atoms with Gasteiger partial charge in [-0.3, -0.25) is 4.90 Å². The zero-order valence-corrected chi connectivity index (χ0v) is 16.1. The summed E-state index contributed by atoms with van der Waals surface area (Å²) in [4.78, 5) is 2.60. The number of hydrogen-bond acceptors (Lipinski definition) is 4. The van der Waals surface area contributed by atoms with Gasteiger partial charge in [-0.15, -0.1) is 0 Å². The summed E-state index contributed by atoms with van der Waals surface area (Å²) in [5, 5.41) is 9.89. The topological polar surface area (TPSA) is 69.6 Å². The van der Waals surface area contributed by atoms with Crippen LogP contribution in [-0.2, 0) is 16.4 Å². The number of fused-ring (bicyclic) bond motifs is 1. The second-order valence-corrected chi connectivity index (χ2v) is 9.17. The monoisotopic (exact) mass is 386 g/mol. The molecule has 1 aliphatic carbocycles. The Labute approximate surface area is 161 Å². The molecule has 0 unspecified atom stereocenters. The van der Waals surface area contributed by atoms with E-state index >= 15 is 0 Å². The second kappa shape index (κ2) is 7.72. The fourth-order valence-corrected chi connectivity index (χ4v) is 5.80. The van der Waals surface area contributed by atoms with E-state index in [0.717, 1.165) is 25.8 Å². The smallest absolute Gasteiger partial charge is 0.240 e. The fourth-order valence-electron chi connectivity index (χ4n) is 4.54. The summed E-state index contributed by atoms with van der Waals surface area (Å²) in [5.41, 5.74) is 2.36. The molecule has 27 heavy (non-hydrogen) atoms. The summed E-state index contributed by atoms with van der Waals surface area (Å²) < 4.78 is 28.8. The van der Waals surface area contributed by atoms with Crippen molar-refractivity contribution in [3.63, 3.8) is 0 Å². The summed E-state index contributed by atoms with van der Waals surface area (Å²) in [6.45, 7) is 0.991. The Morgan fingerprint density at radius 2 is 1.78 bits per heavy atom. The molecule has 0 spiro atoms. The van der Waals surface area contributed by atoms with Crippen molar-refractivity contribution in [2.24, 2.45) is 0 Å². The van der Waals surface area contributed by atoms with Gasteiger partial charge in [-0.1, -0.05) is 48.9 Å². The van der Waals surface area contributed by atoms with Crippen LogP contribution < -0.4 is 4.72 Å². The van der Waals surface area contributed by atoms with E-state index in [1.807, 2.05) is 18.2 Å². The van der Waals surface area contributed by atoms with Crippen LogP contribution in [0.1, 0.15) is 36.4 Å². The standard InChI is InChI=1S/C21H26N2O3S/c24-15-17-9-6-7-13-23(17)21-19-12-5-4-8-16(19)14-20(21)22-27(25,26)18-10-2-1-3-11-18/h1-5,8,10-12,17,20-22,24H,6-7,9,13-15H2/t17-,20-,21-/m1/s1. The molecule has 0 amide bonds. The van der Waals surface area contributed by atoms with Crippen molar-refractivity contribution >= 4 is 10.0 Å². The summed E-state index contributed by atoms with van der Waals surface area (Å²) in [7, 11) is -3.60. The van der Waals surface area contributed by atoms with Crippen LogP contribution in [0, 0.1) is 0 Å². The van der Waals surface area contributed by atoms with Gasteiger partial charge in [0.05, 0.1) is 17.5 Å². The highest BCUT2D eigenvalue weighted by molar-refractivity contribution is 7.89. The largest absolute Gasteiger partial charge is 0.395 e. The third-order valence-electron chi connectivity index (χ3n) is 5.80. The van der Waals surface area contributed by atoms with Crippen LogP contribution in [-0.4, -0.2) is 43.7 Å². The number of sulfonamides is 1. The molecule has 0 bridgehead atoms. The summed E-state index contributed by atoms with van der Waals surface area (Å²) in [5.74, 6) is 0. The van der Waals surface area contributed by atoms with Crippen LogP contribution in [0.5, 0.6) is 0 Å². The average Bonchev–Trinajstić information content (AvgIpc) is 3.05. The lowest BCUT2D eigenvalue weighted by Gasteiger charge is -2.41. The van der Waals surface area contributed by atoms with E-state index in [0.29, 0.717) is 6.42 Å². The summed E-state index contributed by atoms with van der Waals surface area (Å²) >= 11 is 0. The molecule has 1 fully saturated rings. The zero-order chi connectivity index (χ0) is 18.9. The van der Waals surface area contributed by atoms with E-state index in [2.05, 4.69) is 21.8 Å². The van der Waals surface area contributed by atoms with Crippen LogP contribution in [0.4, 0.5) is 0 Å². The molecule has 0 radical (unpaired) electrons. The van der Waals surface area contributed by atoms with Crippen molar-refractivity contribution in [3.05, 3.63) is 65.7 Å². The van der Waals surface area contributed by atoms with Gasteiger partial charge < -0.3 is 5.11 Å². The molecule has 6 heteroatoms. The molecule has 0 aromatic heterocycles. The number of aliphatic hydroxyl groups excluding tert-OH is 1. The first-order valence-corrected chi connectivity index (χ1v) is 11.1. The molecule has 2 N–H and O–H groups in total. The number of nitrogens with one attached hydrogen (secondary N) is 1. The Morgan fingerprint density at radius 1 is 1.04 bits per heavy atom. The van der Waals surface area contributed by atoms with Gasteiger partial charge in [0.15, 0.2) is 0 Å². The summed E-state index contributed by atoms with van der Waals surface area (Å²) in [6, 6.07) is 16.5. The molecular weight excluding hydrogens is 360 g/mol. The fraction of sp³-hybridized carbons (Fsp3) is 0.429. The van der Waals surface area contributed by atoms with Gasteiger partial charge in [-0.2, -0.15) is 0 Å². The minimum atomic E-state index is -3.60. The number of benzene rings is 2. The lowest BCUT2D eigenvalue weighted by atomic mass is 9.96. The minimum absolute atomic E-state index is 0.0443. The molecule has 2 aromatic carbocycles. The Bertz CT molecular complexity index is 885. The maximum atomic E-state index is 12.9. The first-order chi connectivity index (χ1) is 13.1. The highest BCUT2D eigenvalue weighted by atomic mass is 32.2. The van der Waals surface area contributed by atoms with Crippen LogP contribution in [0.15, 0.2) is 59.5 Å². The normalized spacial score (nSPS) is 26.0. The second-order valence-electron chi connectivity index (χ2n) is 7.46. The van der Waals surface area contributed by atoms with Gasteiger partial charge in [0.2, 0.25) is 10.0 Å². The number of hydrogen-bond donors (Lipinski definition) is 2. The summed E-state index contributed by atoms with van der Waals surface area (Å²) in [6.07, 6.45) is 3.80. The van der Waals surface area contributed by atoms with Gasteiger partial charge in [-0.25, -0.2) is 13.1 Å². The number of likely N-dealkylation sites (tertiary alicyclic amines) is 1. The number of nitrogens with zero attached hydrogens (tertiary/aromatic N) is 1. The first kappa shape index (κ1) is 18.6. The Kier molecular flexibility index (Phi) is 5.32. The molecule has 2 aliphatic rings. The lowest BCUT2D eigenvalue weighted by Crippen LogP contribution is -2.50. The van der Waals surface area contributed by atoms with Crippen LogP contribution in [0.2, 0.25) is 0 Å². The highest BCUT2D eigenvalue weighted by Gasteiger charge is 2.41. The van der Waals surface area contributed by atoms with Crippen LogP contribution in [0.25, 0.3) is 0 Å². The third kappa shape index (κ3) is 3.67. The minimum Gasteiger partial charge on any atom is -0.395 e. The zero-order valence-electron chi connectivity index (χ0n) is 15.3. The highest BCUT2D eigenvalue weighted by Crippen LogP contribution is 2.39. The molecule has 0 saturated carbocycles. The van der Waals surface area contributed by atoms with Crippen molar-refractivity contribution < 1.29 is 13.5 Å². The molecule has 144 valence electrons. The van der Waals surface area contributed by atoms with Crippen LogP contribution in [0.3, 0.4) is 0 Å². The van der Waals surface area contributed by atoms with E-state index in [9.17, 15) is 13.5 Å². The van der Waals surface area contributed by atoms with E-state index in [-0.39, 0.29) is 29.6 Å². The van der Waals surface area contributed by atoms with Gasteiger partial charge in [0, 0.05) is 12.1 Å². The maximum absolute atomic E-state index is 12.9. The predicted octanol–water partition coefficient (Wildman–Crippen LogP) is 2.48. The van der Waals surface area contributed by atoms with Crippen molar-refractivity contribution in [1.82, 2.24) is 9.62 Å². The lowest BCUT2D eigenvalue weighted by molar-refractivity contribution is 0.0446. The number of rotatable bonds is 5. The SMILES string of the molecule is O=S(=O)(N[C@@H]1Cc2ccccc2[C@H]1N1CCCC[C@@H]1CO)c1ccccc1. The van der Waals surface area contributed by atoms with E-state index < -0.39 is 10.0 Å². The predicted molar refractivity (Wildman–Crippen MR) is 105 cm³/mol. The van der Waals surface area contributed by atoms with E-state index in [1.54, 1.807) is 24.3 Å². The first-order valence-electron chi connectivity index (χ1n) is 9.62. The Hall–Kier alpha value is -1.73. The van der Waals surface area contributed by atoms with Crippen molar-refractivity contribution in [2.75, 3.05) is 13.2 Å². The van der Waals surface area contributed by atoms with Gasteiger partial charge >= 0.3 is 0 Å². The third-order valence-corrected chi connectivity index (χ3v) is 7.30. The van der Waals surface area contributed by atoms with Crippen molar-refractivity contribution in [1.29, 1.82) is 0 Å². The Balaban J connectivity index is 1.67. The number of aliphatic hydroxyl groups is 1. The van der Waals surface area contributed by atoms with Gasteiger partial charge in [-0.05, 0) is 49.1 Å². The van der Waals surface area contributed by atoms with E-state index in [4.69, 9.17) is 0 Å². The van der Waals surface area contributed by atoms with Gasteiger partial charge in [0.1, 0.15) is 0 Å². The van der Waals surface area contributed by atoms with Crippen LogP contribution >= 0.6 is 0 Å².